The Labute approximate surface area is 156 Å². The van der Waals surface area contributed by atoms with Crippen molar-refractivity contribution in [3.8, 4) is 28.6 Å². The SMILES string of the molecule is CCc1cc(O)c(O)c(-c2n[nH]c(=S)n2-c2ccc3[nH]c(=O)sc3c2)c1. The van der Waals surface area contributed by atoms with Gasteiger partial charge in [-0.2, -0.15) is 5.10 Å². The number of aromatic amines is 2. The van der Waals surface area contributed by atoms with Crippen molar-refractivity contribution in [3.63, 3.8) is 0 Å². The highest BCUT2D eigenvalue weighted by atomic mass is 32.1. The van der Waals surface area contributed by atoms with Gasteiger partial charge in [0, 0.05) is 0 Å². The van der Waals surface area contributed by atoms with Crippen molar-refractivity contribution in [2.75, 3.05) is 0 Å². The van der Waals surface area contributed by atoms with Crippen LogP contribution in [-0.2, 0) is 6.42 Å². The van der Waals surface area contributed by atoms with E-state index in [4.69, 9.17) is 12.2 Å². The fourth-order valence-electron chi connectivity index (χ4n) is 2.84. The summed E-state index contributed by atoms with van der Waals surface area (Å²) < 4.78 is 2.78. The summed E-state index contributed by atoms with van der Waals surface area (Å²) in [6.45, 7) is 1.95. The molecule has 0 atom stereocenters. The Hall–Kier alpha value is -2.91. The lowest BCUT2D eigenvalue weighted by Crippen LogP contribution is -1.98. The smallest absolute Gasteiger partial charge is 0.305 e. The van der Waals surface area contributed by atoms with Crippen molar-refractivity contribution >= 4 is 33.8 Å². The summed E-state index contributed by atoms with van der Waals surface area (Å²) >= 11 is 6.46. The van der Waals surface area contributed by atoms with E-state index >= 15 is 0 Å². The van der Waals surface area contributed by atoms with E-state index in [1.165, 1.54) is 6.07 Å². The number of phenolic OH excluding ortho intramolecular Hbond substituents is 2. The van der Waals surface area contributed by atoms with Gasteiger partial charge in [0.1, 0.15) is 0 Å². The molecule has 0 aliphatic carbocycles. The van der Waals surface area contributed by atoms with Crippen LogP contribution in [0.5, 0.6) is 11.5 Å². The molecule has 0 radical (unpaired) electrons. The van der Waals surface area contributed by atoms with Gasteiger partial charge in [0.2, 0.25) is 0 Å². The van der Waals surface area contributed by atoms with E-state index in [-0.39, 0.29) is 16.4 Å². The molecule has 0 saturated carbocycles. The fourth-order valence-corrected chi connectivity index (χ4v) is 3.85. The lowest BCUT2D eigenvalue weighted by molar-refractivity contribution is 0.404. The minimum atomic E-state index is -0.259. The number of hydrogen-bond acceptors (Lipinski definition) is 6. The number of aromatic nitrogens is 4. The summed E-state index contributed by atoms with van der Waals surface area (Å²) in [6, 6.07) is 8.71. The Bertz CT molecular complexity index is 1250. The lowest BCUT2D eigenvalue weighted by Gasteiger charge is -2.11. The third kappa shape index (κ3) is 2.61. The predicted molar refractivity (Wildman–Crippen MR) is 103 cm³/mol. The summed E-state index contributed by atoms with van der Waals surface area (Å²) in [4.78, 5) is 14.2. The van der Waals surface area contributed by atoms with Gasteiger partial charge in [-0.25, -0.2) is 0 Å². The second kappa shape index (κ2) is 6.11. The molecule has 7 nitrogen and oxygen atoms in total. The van der Waals surface area contributed by atoms with Crippen molar-refractivity contribution in [2.24, 2.45) is 0 Å². The number of nitrogens with one attached hydrogen (secondary N) is 2. The number of aromatic hydroxyl groups is 2. The summed E-state index contributed by atoms with van der Waals surface area (Å²) in [6.07, 6.45) is 0.690. The molecule has 0 aliphatic rings. The maximum atomic E-state index is 11.6. The highest BCUT2D eigenvalue weighted by Gasteiger charge is 2.18. The summed E-state index contributed by atoms with van der Waals surface area (Å²) in [5.74, 6) is -0.0933. The summed E-state index contributed by atoms with van der Waals surface area (Å²) in [5, 5.41) is 27.3. The second-order valence-electron chi connectivity index (χ2n) is 5.75. The van der Waals surface area contributed by atoms with Crippen LogP contribution in [0.4, 0.5) is 0 Å². The zero-order chi connectivity index (χ0) is 18.4. The first-order chi connectivity index (χ1) is 12.5. The predicted octanol–water partition coefficient (Wildman–Crippen LogP) is 3.47. The van der Waals surface area contributed by atoms with Crippen molar-refractivity contribution in [3.05, 3.63) is 50.3 Å². The van der Waals surface area contributed by atoms with Gasteiger partial charge in [0.15, 0.2) is 22.1 Å². The first-order valence-electron chi connectivity index (χ1n) is 7.84. The molecular weight excluding hydrogens is 372 g/mol. The minimum absolute atomic E-state index is 0.133. The van der Waals surface area contributed by atoms with Crippen molar-refractivity contribution in [1.82, 2.24) is 19.7 Å². The summed E-state index contributed by atoms with van der Waals surface area (Å²) in [5.41, 5.74) is 2.67. The molecule has 0 saturated heterocycles. The van der Waals surface area contributed by atoms with E-state index in [1.807, 2.05) is 13.0 Å². The number of hydrogen-bond donors (Lipinski definition) is 4. The Morgan fingerprint density at radius 1 is 1.27 bits per heavy atom. The Kier molecular flexibility index (Phi) is 3.89. The third-order valence-electron chi connectivity index (χ3n) is 4.13. The van der Waals surface area contributed by atoms with Gasteiger partial charge in [0.25, 0.3) is 0 Å². The van der Waals surface area contributed by atoms with Crippen LogP contribution in [0.1, 0.15) is 12.5 Å². The molecule has 0 amide bonds. The van der Waals surface area contributed by atoms with E-state index in [2.05, 4.69) is 15.2 Å². The highest BCUT2D eigenvalue weighted by Crippen LogP contribution is 2.38. The van der Waals surface area contributed by atoms with E-state index in [9.17, 15) is 15.0 Å². The van der Waals surface area contributed by atoms with E-state index in [1.54, 1.807) is 22.8 Å². The maximum absolute atomic E-state index is 11.6. The zero-order valence-corrected chi connectivity index (χ0v) is 15.2. The van der Waals surface area contributed by atoms with Crippen LogP contribution in [0, 0.1) is 4.77 Å². The molecule has 0 aliphatic heterocycles. The molecule has 4 rings (SSSR count). The first kappa shape index (κ1) is 16.6. The number of aryl methyl sites for hydroxylation is 1. The van der Waals surface area contributed by atoms with Crippen LogP contribution >= 0.6 is 23.6 Å². The van der Waals surface area contributed by atoms with Crippen molar-refractivity contribution < 1.29 is 10.2 Å². The van der Waals surface area contributed by atoms with Gasteiger partial charge in [-0.3, -0.25) is 14.5 Å². The molecule has 0 spiro atoms. The number of benzene rings is 2. The van der Waals surface area contributed by atoms with Gasteiger partial charge < -0.3 is 15.2 Å². The van der Waals surface area contributed by atoms with Gasteiger partial charge in [0.05, 0.1) is 21.5 Å². The van der Waals surface area contributed by atoms with Crippen molar-refractivity contribution in [1.29, 1.82) is 0 Å². The molecule has 9 heteroatoms. The molecule has 2 aromatic carbocycles. The average molecular weight is 386 g/mol. The number of fused-ring (bicyclic) bond motifs is 1. The van der Waals surface area contributed by atoms with Gasteiger partial charge in [-0.05, 0) is 54.5 Å². The quantitative estimate of drug-likeness (QED) is 0.319. The first-order valence-corrected chi connectivity index (χ1v) is 9.06. The molecule has 0 bridgehead atoms. The number of nitrogens with zero attached hydrogens (tertiary/aromatic N) is 2. The van der Waals surface area contributed by atoms with Crippen LogP contribution in [0.15, 0.2) is 35.1 Å². The number of phenols is 2. The third-order valence-corrected chi connectivity index (χ3v) is 5.25. The van der Waals surface area contributed by atoms with Gasteiger partial charge in [-0.1, -0.05) is 18.3 Å². The Morgan fingerprint density at radius 2 is 2.08 bits per heavy atom. The highest BCUT2D eigenvalue weighted by molar-refractivity contribution is 7.71. The molecule has 2 heterocycles. The molecule has 26 heavy (non-hydrogen) atoms. The molecule has 2 aromatic heterocycles. The molecule has 132 valence electrons. The number of H-pyrrole nitrogens is 2. The second-order valence-corrected chi connectivity index (χ2v) is 7.15. The Morgan fingerprint density at radius 3 is 2.85 bits per heavy atom. The number of rotatable bonds is 3. The molecule has 0 unspecified atom stereocenters. The lowest BCUT2D eigenvalue weighted by atomic mass is 10.1. The molecule has 4 N–H and O–H groups in total. The van der Waals surface area contributed by atoms with Gasteiger partial charge in [-0.15, -0.1) is 0 Å². The Balaban J connectivity index is 1.97. The standard InChI is InChI=1S/C17H14N4O3S2/c1-2-8-5-10(14(23)12(22)6-8)15-19-20-16(25)21(15)9-3-4-11-13(7-9)26-17(24)18-11/h3-7,22-23H,2H2,1H3,(H,18,24)(H,20,25). The van der Waals surface area contributed by atoms with Crippen LogP contribution in [0.25, 0.3) is 27.3 Å². The topological polar surface area (TPSA) is 107 Å². The van der Waals surface area contributed by atoms with Gasteiger partial charge >= 0.3 is 4.87 Å². The van der Waals surface area contributed by atoms with Crippen LogP contribution in [0.2, 0.25) is 0 Å². The zero-order valence-electron chi connectivity index (χ0n) is 13.6. The molecule has 4 aromatic rings. The largest absolute Gasteiger partial charge is 0.504 e. The van der Waals surface area contributed by atoms with Crippen LogP contribution in [0.3, 0.4) is 0 Å². The fraction of sp³-hybridized carbons (Fsp3) is 0.118. The number of thiazole rings is 1. The molecular formula is C17H14N4O3S2. The van der Waals surface area contributed by atoms with Crippen LogP contribution < -0.4 is 4.87 Å². The van der Waals surface area contributed by atoms with E-state index < -0.39 is 0 Å². The van der Waals surface area contributed by atoms with E-state index in [0.29, 0.717) is 28.3 Å². The van der Waals surface area contributed by atoms with Crippen molar-refractivity contribution in [2.45, 2.75) is 13.3 Å². The normalized spacial score (nSPS) is 11.3. The monoisotopic (exact) mass is 386 g/mol. The van der Waals surface area contributed by atoms with E-state index in [0.717, 1.165) is 27.1 Å². The van der Waals surface area contributed by atoms with Crippen LogP contribution in [-0.4, -0.2) is 30.0 Å². The summed E-state index contributed by atoms with van der Waals surface area (Å²) in [7, 11) is 0. The minimum Gasteiger partial charge on any atom is -0.504 e. The molecule has 0 fully saturated rings. The average Bonchev–Trinajstić information content (AvgIpc) is 3.18. The maximum Gasteiger partial charge on any atom is 0.305 e.